The van der Waals surface area contributed by atoms with Crippen LogP contribution < -0.4 is 0 Å². The molecule has 1 nitrogen and oxygen atoms in total. The first-order valence-electron chi connectivity index (χ1n) is 2.48. The van der Waals surface area contributed by atoms with E-state index < -0.39 is 0 Å². The molecule has 0 aliphatic heterocycles. The van der Waals surface area contributed by atoms with Crippen LogP contribution in [0.25, 0.3) is 0 Å². The fourth-order valence-corrected chi connectivity index (χ4v) is 0.258. The van der Waals surface area contributed by atoms with Gasteiger partial charge in [-0.15, -0.1) is 0 Å². The van der Waals surface area contributed by atoms with Gasteiger partial charge in [0.1, 0.15) is 0 Å². The van der Waals surface area contributed by atoms with Crippen molar-refractivity contribution in [2.75, 3.05) is 14.1 Å². The third-order valence-corrected chi connectivity index (χ3v) is 1.12. The van der Waals surface area contributed by atoms with Crippen LogP contribution in [0.4, 0.5) is 0 Å². The van der Waals surface area contributed by atoms with Crippen molar-refractivity contribution >= 4 is 0 Å². The molecule has 0 saturated heterocycles. The Morgan fingerprint density at radius 3 is 1.86 bits per heavy atom. The molecular weight excluding hydrogens is 86.1 g/mol. The summed E-state index contributed by atoms with van der Waals surface area (Å²) in [7, 11) is 4.07. The van der Waals surface area contributed by atoms with Gasteiger partial charge in [-0.25, -0.2) is 0 Å². The number of nitrogens with zero attached hydrogens (tertiary/aromatic N) is 1. The lowest BCUT2D eigenvalue weighted by Crippen LogP contribution is -2.06. The molecule has 0 aromatic carbocycles. The third-order valence-electron chi connectivity index (χ3n) is 1.12. The van der Waals surface area contributed by atoms with Crippen molar-refractivity contribution in [3.05, 3.63) is 11.8 Å². The van der Waals surface area contributed by atoms with E-state index in [2.05, 4.69) is 17.9 Å². The number of rotatable bonds is 1. The zero-order valence-corrected chi connectivity index (χ0v) is 5.52. The fraction of sp³-hybridized carbons (Fsp3) is 0.667. The number of hydrogen-bond acceptors (Lipinski definition) is 1. The maximum atomic E-state index is 2.08. The summed E-state index contributed by atoms with van der Waals surface area (Å²) in [4.78, 5) is 2.08. The molecule has 0 radical (unpaired) electrons. The minimum absolute atomic E-state index is 1.31. The molecule has 0 aliphatic carbocycles. The summed E-state index contributed by atoms with van der Waals surface area (Å²) in [6.07, 6.45) is 2.08. The van der Waals surface area contributed by atoms with Crippen LogP contribution in [0.2, 0.25) is 0 Å². The molecular formula is C6H13N. The van der Waals surface area contributed by atoms with Crippen molar-refractivity contribution in [3.8, 4) is 0 Å². The summed E-state index contributed by atoms with van der Waals surface area (Å²) in [6.45, 7) is 4.12. The third kappa shape index (κ3) is 2.26. The van der Waals surface area contributed by atoms with E-state index in [1.807, 2.05) is 21.0 Å². The fourth-order valence-electron chi connectivity index (χ4n) is 0.258. The molecule has 0 bridgehead atoms. The molecule has 0 fully saturated rings. The van der Waals surface area contributed by atoms with Gasteiger partial charge in [0.15, 0.2) is 0 Å². The summed E-state index contributed by atoms with van der Waals surface area (Å²) in [6, 6.07) is 0. The molecule has 1 heteroatoms. The van der Waals surface area contributed by atoms with Crippen LogP contribution in [0.15, 0.2) is 11.8 Å². The van der Waals surface area contributed by atoms with Crippen molar-refractivity contribution in [3.63, 3.8) is 0 Å². The zero-order valence-electron chi connectivity index (χ0n) is 5.52. The monoisotopic (exact) mass is 99.1 g/mol. The smallest absolute Gasteiger partial charge is 0.00579 e. The molecule has 0 spiro atoms. The summed E-state index contributed by atoms with van der Waals surface area (Å²) in [5, 5.41) is 0. The van der Waals surface area contributed by atoms with Crippen molar-refractivity contribution in [2.24, 2.45) is 0 Å². The maximum Gasteiger partial charge on any atom is 0.00579 e. The highest BCUT2D eigenvalue weighted by Gasteiger charge is 1.83. The molecule has 0 aromatic heterocycles. The van der Waals surface area contributed by atoms with Crippen LogP contribution >= 0.6 is 0 Å². The molecule has 0 saturated carbocycles. The normalized spacial score (nSPS) is 11.7. The molecule has 0 atom stereocenters. The van der Waals surface area contributed by atoms with Crippen molar-refractivity contribution in [2.45, 2.75) is 13.8 Å². The van der Waals surface area contributed by atoms with Gasteiger partial charge in [-0.2, -0.15) is 0 Å². The first kappa shape index (κ1) is 6.54. The Kier molecular flexibility index (Phi) is 2.49. The van der Waals surface area contributed by atoms with Crippen LogP contribution in [0.5, 0.6) is 0 Å². The average molecular weight is 99.2 g/mol. The predicted octanol–water partition coefficient (Wildman–Crippen LogP) is 1.47. The van der Waals surface area contributed by atoms with E-state index in [0.29, 0.717) is 0 Å². The van der Waals surface area contributed by atoms with Crippen molar-refractivity contribution < 1.29 is 0 Å². The van der Waals surface area contributed by atoms with E-state index in [9.17, 15) is 0 Å². The Bertz CT molecular complexity index is 72.2. The Morgan fingerprint density at radius 2 is 1.86 bits per heavy atom. The molecule has 0 heterocycles. The van der Waals surface area contributed by atoms with E-state index in [4.69, 9.17) is 0 Å². The van der Waals surface area contributed by atoms with Gasteiger partial charge in [-0.3, -0.25) is 0 Å². The average Bonchev–Trinajstić information content (AvgIpc) is 1.65. The molecule has 7 heavy (non-hydrogen) atoms. The standard InChI is InChI=1S/C6H13N/c1-5-6(2)7(3)4/h5H,1-4H3/b6-5+. The maximum absolute atomic E-state index is 2.08. The van der Waals surface area contributed by atoms with E-state index in [1.165, 1.54) is 5.70 Å². The Balaban J connectivity index is 3.56. The van der Waals surface area contributed by atoms with Crippen LogP contribution in [0.3, 0.4) is 0 Å². The first-order valence-corrected chi connectivity index (χ1v) is 2.48. The summed E-state index contributed by atoms with van der Waals surface area (Å²) in [5.41, 5.74) is 1.31. The van der Waals surface area contributed by atoms with Gasteiger partial charge < -0.3 is 4.90 Å². The summed E-state index contributed by atoms with van der Waals surface area (Å²) < 4.78 is 0. The molecule has 0 rings (SSSR count). The molecule has 0 aromatic rings. The Hall–Kier alpha value is -0.460. The number of hydrogen-bond donors (Lipinski definition) is 0. The highest BCUT2D eigenvalue weighted by atomic mass is 15.1. The lowest BCUT2D eigenvalue weighted by Gasteiger charge is -2.10. The second-order valence-corrected chi connectivity index (χ2v) is 1.82. The van der Waals surface area contributed by atoms with Gasteiger partial charge in [0.2, 0.25) is 0 Å². The molecule has 0 unspecified atom stereocenters. The first-order chi connectivity index (χ1) is 3.18. The van der Waals surface area contributed by atoms with E-state index >= 15 is 0 Å². The molecule has 42 valence electrons. The van der Waals surface area contributed by atoms with Gasteiger partial charge in [0.05, 0.1) is 0 Å². The molecule has 0 aliphatic rings. The van der Waals surface area contributed by atoms with Crippen LogP contribution in [0, 0.1) is 0 Å². The second kappa shape index (κ2) is 2.67. The zero-order chi connectivity index (χ0) is 5.86. The van der Waals surface area contributed by atoms with Gasteiger partial charge >= 0.3 is 0 Å². The summed E-state index contributed by atoms with van der Waals surface area (Å²) in [5.74, 6) is 0. The van der Waals surface area contributed by atoms with Gasteiger partial charge in [0.25, 0.3) is 0 Å². The molecule has 0 N–H and O–H groups in total. The number of allylic oxidation sites excluding steroid dienone is 2. The highest BCUT2D eigenvalue weighted by Crippen LogP contribution is 1.92. The highest BCUT2D eigenvalue weighted by molar-refractivity contribution is 4.91. The van der Waals surface area contributed by atoms with Gasteiger partial charge in [0, 0.05) is 19.8 Å². The van der Waals surface area contributed by atoms with E-state index in [1.54, 1.807) is 0 Å². The lowest BCUT2D eigenvalue weighted by atomic mass is 10.4. The minimum atomic E-state index is 1.31. The van der Waals surface area contributed by atoms with Crippen LogP contribution in [-0.4, -0.2) is 19.0 Å². The Morgan fingerprint density at radius 1 is 1.43 bits per heavy atom. The largest absolute Gasteiger partial charge is 0.381 e. The topological polar surface area (TPSA) is 3.24 Å². The summed E-state index contributed by atoms with van der Waals surface area (Å²) >= 11 is 0. The quantitative estimate of drug-likeness (QED) is 0.481. The predicted molar refractivity (Wildman–Crippen MR) is 33.1 cm³/mol. The second-order valence-electron chi connectivity index (χ2n) is 1.82. The van der Waals surface area contributed by atoms with Crippen LogP contribution in [-0.2, 0) is 0 Å². The van der Waals surface area contributed by atoms with Crippen molar-refractivity contribution in [1.29, 1.82) is 0 Å². The van der Waals surface area contributed by atoms with Gasteiger partial charge in [-0.05, 0) is 13.8 Å². The van der Waals surface area contributed by atoms with Crippen LogP contribution in [0.1, 0.15) is 13.8 Å². The molecule has 0 amide bonds. The van der Waals surface area contributed by atoms with E-state index in [0.717, 1.165) is 0 Å². The minimum Gasteiger partial charge on any atom is -0.381 e. The van der Waals surface area contributed by atoms with E-state index in [-0.39, 0.29) is 0 Å². The SMILES string of the molecule is C/C=C(\C)N(C)C. The van der Waals surface area contributed by atoms with Crippen molar-refractivity contribution in [1.82, 2.24) is 4.90 Å². The Labute approximate surface area is 45.6 Å². The lowest BCUT2D eigenvalue weighted by molar-refractivity contribution is 0.512. The van der Waals surface area contributed by atoms with Gasteiger partial charge in [-0.1, -0.05) is 6.08 Å².